The number of hydrogen-bond donors (Lipinski definition) is 0. The van der Waals surface area contributed by atoms with E-state index in [1.807, 2.05) is 0 Å². The molecule has 0 aliphatic carbocycles. The average molecular weight is 183 g/mol. The topological polar surface area (TPSA) is 3.24 Å². The van der Waals surface area contributed by atoms with Crippen molar-refractivity contribution in [2.75, 3.05) is 6.54 Å². The standard InChI is InChI=1S/C12H25N/c1-7-10-12(5,6)8-9-13(10)11(2,3)4/h10H,7-9H2,1-6H3. The van der Waals surface area contributed by atoms with Gasteiger partial charge in [0.05, 0.1) is 0 Å². The maximum atomic E-state index is 2.67. The summed E-state index contributed by atoms with van der Waals surface area (Å²) in [6.45, 7) is 15.4. The van der Waals surface area contributed by atoms with Crippen molar-refractivity contribution in [3.8, 4) is 0 Å². The van der Waals surface area contributed by atoms with Gasteiger partial charge in [-0.1, -0.05) is 20.8 Å². The van der Waals surface area contributed by atoms with Crippen molar-refractivity contribution in [1.82, 2.24) is 4.90 Å². The summed E-state index contributed by atoms with van der Waals surface area (Å²) in [7, 11) is 0. The summed E-state index contributed by atoms with van der Waals surface area (Å²) in [6.07, 6.45) is 2.63. The van der Waals surface area contributed by atoms with E-state index in [-0.39, 0.29) is 0 Å². The molecule has 0 N–H and O–H groups in total. The number of nitrogens with zero attached hydrogens (tertiary/aromatic N) is 1. The van der Waals surface area contributed by atoms with Crippen molar-refractivity contribution in [2.24, 2.45) is 5.41 Å². The fourth-order valence-electron chi connectivity index (χ4n) is 2.73. The van der Waals surface area contributed by atoms with Crippen LogP contribution in [0, 0.1) is 5.41 Å². The van der Waals surface area contributed by atoms with E-state index >= 15 is 0 Å². The lowest BCUT2D eigenvalue weighted by Gasteiger charge is -2.40. The molecule has 1 saturated heterocycles. The fourth-order valence-corrected chi connectivity index (χ4v) is 2.73. The Morgan fingerprint density at radius 2 is 1.85 bits per heavy atom. The molecule has 0 spiro atoms. The molecule has 0 radical (unpaired) electrons. The Labute approximate surface area is 83.5 Å². The Bertz CT molecular complexity index is 176. The fraction of sp³-hybridized carbons (Fsp3) is 1.00. The summed E-state index contributed by atoms with van der Waals surface area (Å²) in [5, 5.41) is 0. The average Bonchev–Trinajstić information content (AvgIpc) is 2.23. The molecule has 0 aromatic carbocycles. The first-order chi connectivity index (χ1) is 5.79. The summed E-state index contributed by atoms with van der Waals surface area (Å²) in [6, 6.07) is 0.771. The van der Waals surface area contributed by atoms with E-state index in [1.54, 1.807) is 0 Å². The van der Waals surface area contributed by atoms with Crippen molar-refractivity contribution in [3.05, 3.63) is 0 Å². The van der Waals surface area contributed by atoms with Crippen molar-refractivity contribution in [3.63, 3.8) is 0 Å². The van der Waals surface area contributed by atoms with Gasteiger partial charge in [0, 0.05) is 11.6 Å². The van der Waals surface area contributed by atoms with Gasteiger partial charge in [-0.2, -0.15) is 0 Å². The molecule has 0 saturated carbocycles. The van der Waals surface area contributed by atoms with Gasteiger partial charge in [-0.25, -0.2) is 0 Å². The predicted octanol–water partition coefficient (Wildman–Crippen LogP) is 3.30. The Morgan fingerprint density at radius 3 is 2.15 bits per heavy atom. The Hall–Kier alpha value is -0.0400. The second kappa shape index (κ2) is 3.27. The van der Waals surface area contributed by atoms with Gasteiger partial charge in [-0.05, 0) is 45.6 Å². The Balaban J connectivity index is 2.80. The van der Waals surface area contributed by atoms with Gasteiger partial charge in [-0.3, -0.25) is 4.90 Å². The predicted molar refractivity (Wildman–Crippen MR) is 58.9 cm³/mol. The number of hydrogen-bond acceptors (Lipinski definition) is 1. The van der Waals surface area contributed by atoms with Gasteiger partial charge in [0.2, 0.25) is 0 Å². The molecule has 1 fully saturated rings. The van der Waals surface area contributed by atoms with E-state index in [1.165, 1.54) is 19.4 Å². The first-order valence-electron chi connectivity index (χ1n) is 5.56. The maximum Gasteiger partial charge on any atom is 0.0149 e. The summed E-state index contributed by atoms with van der Waals surface area (Å²) >= 11 is 0. The van der Waals surface area contributed by atoms with Crippen molar-refractivity contribution in [1.29, 1.82) is 0 Å². The minimum absolute atomic E-state index is 0.342. The molecule has 1 unspecified atom stereocenters. The highest BCUT2D eigenvalue weighted by atomic mass is 15.2. The lowest BCUT2D eigenvalue weighted by molar-refractivity contribution is 0.0836. The molecular formula is C12H25N. The summed E-state index contributed by atoms with van der Waals surface area (Å²) in [4.78, 5) is 2.67. The lowest BCUT2D eigenvalue weighted by Crippen LogP contribution is -2.47. The second-order valence-electron chi connectivity index (χ2n) is 6.03. The van der Waals surface area contributed by atoms with Crippen LogP contribution in [0.3, 0.4) is 0 Å². The van der Waals surface area contributed by atoms with Crippen molar-refractivity contribution < 1.29 is 0 Å². The first-order valence-corrected chi connectivity index (χ1v) is 5.56. The third-order valence-corrected chi connectivity index (χ3v) is 3.52. The molecular weight excluding hydrogens is 158 g/mol. The van der Waals surface area contributed by atoms with Crippen LogP contribution in [0.5, 0.6) is 0 Å². The SMILES string of the molecule is CCC1N(C(C)(C)C)CCC1(C)C. The molecule has 0 aromatic rings. The normalized spacial score (nSPS) is 29.5. The smallest absolute Gasteiger partial charge is 0.0149 e. The zero-order valence-electron chi connectivity index (χ0n) is 10.1. The van der Waals surface area contributed by atoms with E-state index in [4.69, 9.17) is 0 Å². The molecule has 1 atom stereocenters. The summed E-state index contributed by atoms with van der Waals surface area (Å²) in [5.41, 5.74) is 0.858. The van der Waals surface area contributed by atoms with Gasteiger partial charge >= 0.3 is 0 Å². The van der Waals surface area contributed by atoms with E-state index in [2.05, 4.69) is 46.4 Å². The number of rotatable bonds is 1. The van der Waals surface area contributed by atoms with Gasteiger partial charge in [-0.15, -0.1) is 0 Å². The van der Waals surface area contributed by atoms with Crippen molar-refractivity contribution >= 4 is 0 Å². The zero-order chi connectivity index (χ0) is 10.3. The lowest BCUT2D eigenvalue weighted by atomic mass is 9.83. The number of likely N-dealkylation sites (tertiary alicyclic amines) is 1. The summed E-state index contributed by atoms with van der Waals surface area (Å²) in [5.74, 6) is 0. The van der Waals surface area contributed by atoms with E-state index in [9.17, 15) is 0 Å². The Kier molecular flexibility index (Phi) is 2.78. The van der Waals surface area contributed by atoms with Gasteiger partial charge in [0.15, 0.2) is 0 Å². The highest BCUT2D eigenvalue weighted by Gasteiger charge is 2.43. The van der Waals surface area contributed by atoms with Gasteiger partial charge in [0.1, 0.15) is 0 Å². The van der Waals surface area contributed by atoms with E-state index in [0.717, 1.165) is 6.04 Å². The van der Waals surface area contributed by atoms with Crippen molar-refractivity contribution in [2.45, 2.75) is 66.0 Å². The molecule has 0 bridgehead atoms. The molecule has 1 heterocycles. The molecule has 0 amide bonds. The van der Waals surface area contributed by atoms with Crippen LogP contribution in [0.25, 0.3) is 0 Å². The largest absolute Gasteiger partial charge is 0.295 e. The van der Waals surface area contributed by atoms with Gasteiger partial charge in [0.25, 0.3) is 0 Å². The zero-order valence-corrected chi connectivity index (χ0v) is 10.1. The highest BCUT2D eigenvalue weighted by Crippen LogP contribution is 2.41. The van der Waals surface area contributed by atoms with E-state index < -0.39 is 0 Å². The minimum atomic E-state index is 0.342. The second-order valence-corrected chi connectivity index (χ2v) is 6.03. The van der Waals surface area contributed by atoms with Crippen LogP contribution in [0.2, 0.25) is 0 Å². The molecule has 1 aliphatic rings. The maximum absolute atomic E-state index is 2.67. The third-order valence-electron chi connectivity index (χ3n) is 3.52. The third kappa shape index (κ3) is 2.07. The molecule has 1 rings (SSSR count). The Morgan fingerprint density at radius 1 is 1.31 bits per heavy atom. The van der Waals surface area contributed by atoms with Crippen LogP contribution >= 0.6 is 0 Å². The molecule has 13 heavy (non-hydrogen) atoms. The molecule has 0 aromatic heterocycles. The summed E-state index contributed by atoms with van der Waals surface area (Å²) < 4.78 is 0. The molecule has 1 aliphatic heterocycles. The van der Waals surface area contributed by atoms with Gasteiger partial charge < -0.3 is 0 Å². The van der Waals surface area contributed by atoms with Crippen LogP contribution in [-0.2, 0) is 0 Å². The highest BCUT2D eigenvalue weighted by molar-refractivity contribution is 4.97. The minimum Gasteiger partial charge on any atom is -0.295 e. The van der Waals surface area contributed by atoms with Crippen LogP contribution in [0.4, 0.5) is 0 Å². The van der Waals surface area contributed by atoms with E-state index in [0.29, 0.717) is 11.0 Å². The monoisotopic (exact) mass is 183 g/mol. The van der Waals surface area contributed by atoms with Crippen LogP contribution < -0.4 is 0 Å². The quantitative estimate of drug-likeness (QED) is 0.603. The molecule has 1 nitrogen and oxygen atoms in total. The molecule has 1 heteroatoms. The molecule has 78 valence electrons. The first kappa shape index (κ1) is 11.0. The van der Waals surface area contributed by atoms with Crippen LogP contribution in [0.1, 0.15) is 54.4 Å². The van der Waals surface area contributed by atoms with Crippen LogP contribution in [0.15, 0.2) is 0 Å². The van der Waals surface area contributed by atoms with Crippen LogP contribution in [-0.4, -0.2) is 23.0 Å².